The average Bonchev–Trinajstić information content (AvgIpc) is 4.17. The lowest BCUT2D eigenvalue weighted by atomic mass is 9.98. The van der Waals surface area contributed by atoms with E-state index in [2.05, 4.69) is 81.3 Å². The van der Waals surface area contributed by atoms with Crippen LogP contribution in [0.2, 0.25) is 0 Å². The third-order valence-corrected chi connectivity index (χ3v) is 12.0. The van der Waals surface area contributed by atoms with Gasteiger partial charge in [0.1, 0.15) is 23.7 Å². The number of hydrogen-bond acceptors (Lipinski definition) is 9. The second kappa shape index (κ2) is 18.3. The summed E-state index contributed by atoms with van der Waals surface area (Å²) in [6, 6.07) is 27.8. The predicted molar refractivity (Wildman–Crippen MR) is 232 cm³/mol. The minimum absolute atomic E-state index is 0.214. The van der Waals surface area contributed by atoms with E-state index in [0.717, 1.165) is 70.1 Å². The Bertz CT molecular complexity index is 2560. The molecule has 0 bridgehead atoms. The van der Waals surface area contributed by atoms with Crippen molar-refractivity contribution in [1.29, 1.82) is 0 Å². The molecule has 4 N–H and O–H groups in total. The number of aromatic amines is 2. The van der Waals surface area contributed by atoms with E-state index in [9.17, 15) is 19.2 Å². The molecule has 2 saturated heterocycles. The third-order valence-electron chi connectivity index (χ3n) is 12.0. The molecule has 0 spiro atoms. The Morgan fingerprint density at radius 2 is 1.16 bits per heavy atom. The lowest BCUT2D eigenvalue weighted by Gasteiger charge is -2.30. The predicted octanol–water partition coefficient (Wildman–Crippen LogP) is 7.47. The summed E-state index contributed by atoms with van der Waals surface area (Å²) in [7, 11) is 4.04. The Morgan fingerprint density at radius 1 is 0.645 bits per heavy atom. The number of aromatic nitrogens is 4. The summed E-state index contributed by atoms with van der Waals surface area (Å²) in [5.74, 6) is 0.930. The van der Waals surface area contributed by atoms with Gasteiger partial charge in [-0.1, -0.05) is 78.9 Å². The first-order valence-electron chi connectivity index (χ1n) is 20.8. The molecular weight excluding hydrogens is 789 g/mol. The van der Waals surface area contributed by atoms with Crippen LogP contribution < -0.4 is 10.6 Å². The molecule has 15 nitrogen and oxygen atoms in total. The summed E-state index contributed by atoms with van der Waals surface area (Å²) in [5, 5.41) is 7.50. The number of alkyl carbamates (subject to hydrolysis) is 2. The van der Waals surface area contributed by atoms with E-state index in [4.69, 9.17) is 24.2 Å². The zero-order valence-corrected chi connectivity index (χ0v) is 35.1. The Labute approximate surface area is 359 Å². The Hall–Kier alpha value is -7.00. The Morgan fingerprint density at radius 3 is 1.76 bits per heavy atom. The number of ether oxygens (including phenoxy) is 3. The number of nitrogens with zero attached hydrogens (tertiary/aromatic N) is 4. The number of imidazole rings is 2. The summed E-state index contributed by atoms with van der Waals surface area (Å²) >= 11 is 0. The van der Waals surface area contributed by atoms with Gasteiger partial charge in [-0.2, -0.15) is 0 Å². The number of rotatable bonds is 12. The van der Waals surface area contributed by atoms with Crippen LogP contribution in [0.1, 0.15) is 67.9 Å². The summed E-state index contributed by atoms with van der Waals surface area (Å²) in [4.78, 5) is 71.8. The standard InChI is InChI=1S/C47H50N8O7/c1-28(60-2)40(52-46(58)61-3)44(56)54-22-8-12-38(54)43-49-27-37(51-43)35-21-20-33-24-32(18-19-34(33)25-35)29-14-16-30(17-15-29)36-26-48-42(50-36)39-13-9-23-55(39)45(57)41(53-47(59)62-4)31-10-6-5-7-11-31/h5-7,10-11,14-21,24-28,38-41H,8-9,12-13,22-23H2,1-4H3,(H,48,50)(H,49,51)(H,52,58)(H,53,59). The smallest absolute Gasteiger partial charge is 0.407 e. The molecule has 4 heterocycles. The van der Waals surface area contributed by atoms with Crippen molar-refractivity contribution in [3.05, 3.63) is 121 Å². The van der Waals surface area contributed by atoms with Crippen molar-refractivity contribution in [2.75, 3.05) is 34.4 Å². The number of carbonyl (C=O) groups is 4. The van der Waals surface area contributed by atoms with Crippen molar-refractivity contribution in [3.63, 3.8) is 0 Å². The number of nitrogens with one attached hydrogen (secondary N) is 4. The normalized spacial score (nSPS) is 17.7. The molecule has 2 aliphatic rings. The van der Waals surface area contributed by atoms with Gasteiger partial charge in [0.2, 0.25) is 5.91 Å². The van der Waals surface area contributed by atoms with E-state index in [-0.39, 0.29) is 23.9 Å². The average molecular weight is 839 g/mol. The third kappa shape index (κ3) is 8.61. The number of benzene rings is 4. The van der Waals surface area contributed by atoms with Gasteiger partial charge in [0.05, 0.1) is 56.2 Å². The number of likely N-dealkylation sites (tertiary alicyclic amines) is 2. The van der Waals surface area contributed by atoms with E-state index >= 15 is 0 Å². The van der Waals surface area contributed by atoms with Crippen LogP contribution in [0.5, 0.6) is 0 Å². The van der Waals surface area contributed by atoms with Crippen LogP contribution in [-0.4, -0.2) is 100 Å². The molecule has 4 amide bonds. The molecule has 8 rings (SSSR count). The van der Waals surface area contributed by atoms with Gasteiger partial charge in [-0.3, -0.25) is 9.59 Å². The number of H-pyrrole nitrogens is 2. The van der Waals surface area contributed by atoms with Crippen LogP contribution in [0, 0.1) is 0 Å². The first-order chi connectivity index (χ1) is 30.1. The molecule has 5 unspecified atom stereocenters. The summed E-state index contributed by atoms with van der Waals surface area (Å²) in [6.45, 7) is 2.83. The van der Waals surface area contributed by atoms with Crippen LogP contribution in [0.15, 0.2) is 103 Å². The maximum atomic E-state index is 13.9. The number of fused-ring (bicyclic) bond motifs is 1. The molecule has 2 fully saturated rings. The molecule has 2 aliphatic heterocycles. The van der Waals surface area contributed by atoms with Gasteiger partial charge in [0, 0.05) is 25.8 Å². The zero-order chi connectivity index (χ0) is 43.3. The van der Waals surface area contributed by atoms with Crippen LogP contribution in [0.4, 0.5) is 9.59 Å². The quantitative estimate of drug-likeness (QED) is 0.0971. The van der Waals surface area contributed by atoms with E-state index in [1.807, 2.05) is 30.3 Å². The minimum Gasteiger partial charge on any atom is -0.453 e. The molecule has 0 aliphatic carbocycles. The lowest BCUT2D eigenvalue weighted by molar-refractivity contribution is -0.137. The number of carbonyl (C=O) groups excluding carboxylic acids is 4. The maximum Gasteiger partial charge on any atom is 0.407 e. The SMILES string of the molecule is COC(=O)NC(C(=O)N1CCCC1c1ncc(-c2ccc(-c3ccc4cc(-c5cnc(C6CCCN6C(=O)C(NC(=O)OC)C(C)OC)[nH]5)ccc4c3)cc2)[nH]1)c1ccccc1. The highest BCUT2D eigenvalue weighted by Gasteiger charge is 2.39. The van der Waals surface area contributed by atoms with Crippen molar-refractivity contribution in [2.45, 2.75) is 62.9 Å². The van der Waals surface area contributed by atoms with E-state index in [1.54, 1.807) is 29.1 Å². The van der Waals surface area contributed by atoms with Crippen molar-refractivity contribution < 1.29 is 33.4 Å². The number of amides is 4. The summed E-state index contributed by atoms with van der Waals surface area (Å²) in [6.07, 6.45) is 4.79. The molecule has 0 saturated carbocycles. The summed E-state index contributed by atoms with van der Waals surface area (Å²) in [5.41, 5.74) is 6.45. The monoisotopic (exact) mass is 838 g/mol. The van der Waals surface area contributed by atoms with Gasteiger partial charge < -0.3 is 44.6 Å². The number of hydrogen-bond donors (Lipinski definition) is 4. The van der Waals surface area contributed by atoms with Gasteiger partial charge in [0.25, 0.3) is 5.91 Å². The van der Waals surface area contributed by atoms with E-state index < -0.39 is 30.4 Å². The molecule has 320 valence electrons. The van der Waals surface area contributed by atoms with E-state index in [0.29, 0.717) is 30.3 Å². The van der Waals surface area contributed by atoms with Crippen molar-refractivity contribution >= 4 is 34.8 Å². The Balaban J connectivity index is 0.942. The number of methoxy groups -OCH3 is 3. The second-order valence-electron chi connectivity index (χ2n) is 15.6. The molecule has 15 heteroatoms. The van der Waals surface area contributed by atoms with Crippen molar-refractivity contribution in [3.8, 4) is 33.6 Å². The Kier molecular flexibility index (Phi) is 12.3. The maximum absolute atomic E-state index is 13.9. The highest BCUT2D eigenvalue weighted by atomic mass is 16.5. The summed E-state index contributed by atoms with van der Waals surface area (Å²) < 4.78 is 15.0. The fourth-order valence-corrected chi connectivity index (χ4v) is 8.53. The van der Waals surface area contributed by atoms with Crippen LogP contribution in [0.3, 0.4) is 0 Å². The fraction of sp³-hybridized carbons (Fsp3) is 0.319. The first-order valence-corrected chi connectivity index (χ1v) is 20.8. The molecular formula is C47H50N8O7. The van der Waals surface area contributed by atoms with E-state index in [1.165, 1.54) is 21.3 Å². The molecule has 62 heavy (non-hydrogen) atoms. The highest BCUT2D eigenvalue weighted by molar-refractivity contribution is 5.91. The van der Waals surface area contributed by atoms with Crippen molar-refractivity contribution in [2.24, 2.45) is 0 Å². The fourth-order valence-electron chi connectivity index (χ4n) is 8.53. The van der Waals surface area contributed by atoms with Crippen LogP contribution in [-0.2, 0) is 23.8 Å². The van der Waals surface area contributed by atoms with Crippen LogP contribution in [0.25, 0.3) is 44.4 Å². The molecule has 2 aromatic heterocycles. The van der Waals surface area contributed by atoms with Gasteiger partial charge in [-0.05, 0) is 77.8 Å². The molecule has 6 aromatic rings. The van der Waals surface area contributed by atoms with Gasteiger partial charge in [0.15, 0.2) is 0 Å². The second-order valence-corrected chi connectivity index (χ2v) is 15.6. The largest absolute Gasteiger partial charge is 0.453 e. The van der Waals surface area contributed by atoms with Gasteiger partial charge in [-0.25, -0.2) is 19.6 Å². The molecule has 4 aromatic carbocycles. The minimum atomic E-state index is -0.900. The molecule has 5 atom stereocenters. The van der Waals surface area contributed by atoms with Gasteiger partial charge >= 0.3 is 12.2 Å². The first kappa shape index (κ1) is 41.7. The highest BCUT2D eigenvalue weighted by Crippen LogP contribution is 2.36. The van der Waals surface area contributed by atoms with Crippen molar-refractivity contribution in [1.82, 2.24) is 40.4 Å². The lowest BCUT2D eigenvalue weighted by Crippen LogP contribution is -2.54. The zero-order valence-electron chi connectivity index (χ0n) is 35.1. The topological polar surface area (TPSA) is 184 Å². The molecule has 0 radical (unpaired) electrons. The van der Waals surface area contributed by atoms with Gasteiger partial charge in [-0.15, -0.1) is 0 Å². The van der Waals surface area contributed by atoms with Crippen LogP contribution >= 0.6 is 0 Å².